The van der Waals surface area contributed by atoms with E-state index in [1.54, 1.807) is 19.0 Å². The van der Waals surface area contributed by atoms with E-state index in [9.17, 15) is 9.59 Å². The number of thiocarbonyl (C=S) groups is 1. The summed E-state index contributed by atoms with van der Waals surface area (Å²) in [6, 6.07) is 8.27. The number of carbonyl (C=O) groups is 2. The highest BCUT2D eigenvalue weighted by atomic mass is 32.1. The standard InChI is InChI=1S/C22H26N4O2S/c1-15-8-6-7-11-26(15)20(27)14-25-13-16(17-9-4-5-10-18(17)25)12-19-21(28)24(3)22(29)23(19)2/h4-5,9-10,12-13,15H,6-8,11,14H2,1-3H3/b19-12-/t15-/m1/s1. The van der Waals surface area contributed by atoms with Crippen molar-refractivity contribution < 1.29 is 9.59 Å². The number of fused-ring (bicyclic) bond motifs is 1. The zero-order chi connectivity index (χ0) is 20.7. The van der Waals surface area contributed by atoms with Gasteiger partial charge in [0.25, 0.3) is 5.91 Å². The van der Waals surface area contributed by atoms with Crippen LogP contribution in [0.3, 0.4) is 0 Å². The van der Waals surface area contributed by atoms with Gasteiger partial charge in [-0.15, -0.1) is 0 Å². The number of benzene rings is 1. The molecule has 2 aliphatic heterocycles. The summed E-state index contributed by atoms with van der Waals surface area (Å²) in [4.78, 5) is 30.7. The van der Waals surface area contributed by atoms with Crippen molar-refractivity contribution >= 4 is 46.1 Å². The van der Waals surface area contributed by atoms with E-state index in [1.807, 2.05) is 46.0 Å². The quantitative estimate of drug-likeness (QED) is 0.576. The Morgan fingerprint density at radius 3 is 2.66 bits per heavy atom. The van der Waals surface area contributed by atoms with Crippen LogP contribution in [0.15, 0.2) is 36.2 Å². The Morgan fingerprint density at radius 2 is 1.97 bits per heavy atom. The van der Waals surface area contributed by atoms with Crippen LogP contribution >= 0.6 is 12.2 Å². The van der Waals surface area contributed by atoms with Crippen molar-refractivity contribution in [2.24, 2.45) is 0 Å². The molecule has 2 aliphatic rings. The average molecular weight is 411 g/mol. The van der Waals surface area contributed by atoms with E-state index >= 15 is 0 Å². The first-order valence-corrected chi connectivity index (χ1v) is 10.4. The molecule has 0 N–H and O–H groups in total. The van der Waals surface area contributed by atoms with Crippen LogP contribution in [-0.4, -0.2) is 62.9 Å². The van der Waals surface area contributed by atoms with E-state index in [1.165, 1.54) is 11.3 Å². The number of carbonyl (C=O) groups excluding carboxylic acids is 2. The van der Waals surface area contributed by atoms with Gasteiger partial charge in [0, 0.05) is 49.3 Å². The predicted molar refractivity (Wildman–Crippen MR) is 118 cm³/mol. The summed E-state index contributed by atoms with van der Waals surface area (Å²) in [5.41, 5.74) is 2.44. The third kappa shape index (κ3) is 3.44. The molecule has 152 valence electrons. The van der Waals surface area contributed by atoms with Crippen molar-refractivity contribution in [2.45, 2.75) is 38.8 Å². The summed E-state index contributed by atoms with van der Waals surface area (Å²) in [5, 5.41) is 1.50. The molecule has 2 amide bonds. The molecule has 0 aliphatic carbocycles. The van der Waals surface area contributed by atoms with Gasteiger partial charge in [-0.1, -0.05) is 18.2 Å². The van der Waals surface area contributed by atoms with Crippen LogP contribution in [-0.2, 0) is 16.1 Å². The number of rotatable bonds is 3. The fourth-order valence-electron chi connectivity index (χ4n) is 4.26. The van der Waals surface area contributed by atoms with Gasteiger partial charge in [0.15, 0.2) is 5.11 Å². The second-order valence-corrected chi connectivity index (χ2v) is 8.26. The number of nitrogens with zero attached hydrogens (tertiary/aromatic N) is 4. The summed E-state index contributed by atoms with van der Waals surface area (Å²) in [6.07, 6.45) is 7.16. The average Bonchev–Trinajstić information content (AvgIpc) is 3.15. The van der Waals surface area contributed by atoms with E-state index in [0.29, 0.717) is 23.4 Å². The van der Waals surface area contributed by atoms with Gasteiger partial charge in [-0.2, -0.15) is 0 Å². The molecule has 6 nitrogen and oxygen atoms in total. The second-order valence-electron chi connectivity index (χ2n) is 7.90. The van der Waals surface area contributed by atoms with Gasteiger partial charge in [0.05, 0.1) is 0 Å². The normalized spacial score (nSPS) is 21.7. The molecule has 3 heterocycles. The molecule has 4 rings (SSSR count). The summed E-state index contributed by atoms with van der Waals surface area (Å²) in [7, 11) is 3.49. The Kier molecular flexibility index (Phi) is 5.17. The summed E-state index contributed by atoms with van der Waals surface area (Å²) in [6.45, 7) is 3.26. The SMILES string of the molecule is C[C@@H]1CCCCN1C(=O)Cn1cc(/C=C2/C(=O)N(C)C(=S)N2C)c2ccccc21. The molecule has 2 saturated heterocycles. The largest absolute Gasteiger partial charge is 0.338 e. The van der Waals surface area contributed by atoms with E-state index in [4.69, 9.17) is 12.2 Å². The molecule has 1 aromatic carbocycles. The minimum Gasteiger partial charge on any atom is -0.338 e. The van der Waals surface area contributed by atoms with Gasteiger partial charge in [-0.3, -0.25) is 14.5 Å². The maximum absolute atomic E-state index is 13.0. The molecule has 2 fully saturated rings. The third-order valence-electron chi connectivity index (χ3n) is 6.00. The molecule has 1 aromatic heterocycles. The van der Waals surface area contributed by atoms with Crippen LogP contribution in [0.2, 0.25) is 0 Å². The highest BCUT2D eigenvalue weighted by Gasteiger charge is 2.33. The fraction of sp³-hybridized carbons (Fsp3) is 0.409. The van der Waals surface area contributed by atoms with Crippen LogP contribution in [0, 0.1) is 0 Å². The summed E-state index contributed by atoms with van der Waals surface area (Å²) >= 11 is 5.31. The lowest BCUT2D eigenvalue weighted by Crippen LogP contribution is -2.43. The Balaban J connectivity index is 1.69. The molecular formula is C22H26N4O2S. The monoisotopic (exact) mass is 410 g/mol. The highest BCUT2D eigenvalue weighted by Crippen LogP contribution is 2.27. The van der Waals surface area contributed by atoms with Crippen molar-refractivity contribution in [2.75, 3.05) is 20.6 Å². The van der Waals surface area contributed by atoms with Crippen LogP contribution in [0.4, 0.5) is 0 Å². The number of likely N-dealkylation sites (N-methyl/N-ethyl adjacent to an activating group) is 2. The minimum absolute atomic E-state index is 0.118. The highest BCUT2D eigenvalue weighted by molar-refractivity contribution is 7.80. The van der Waals surface area contributed by atoms with Gasteiger partial charge in [0.2, 0.25) is 5.91 Å². The van der Waals surface area contributed by atoms with Crippen molar-refractivity contribution in [1.82, 2.24) is 19.3 Å². The predicted octanol–water partition coefficient (Wildman–Crippen LogP) is 3.07. The van der Waals surface area contributed by atoms with Gasteiger partial charge >= 0.3 is 0 Å². The topological polar surface area (TPSA) is 48.8 Å². The molecule has 1 atom stereocenters. The smallest absolute Gasteiger partial charge is 0.276 e. The van der Waals surface area contributed by atoms with Crippen LogP contribution in [0.1, 0.15) is 31.7 Å². The molecule has 0 unspecified atom stereocenters. The van der Waals surface area contributed by atoms with E-state index in [0.717, 1.165) is 35.9 Å². The van der Waals surface area contributed by atoms with Gasteiger partial charge in [-0.05, 0) is 50.5 Å². The molecule has 0 saturated carbocycles. The van der Waals surface area contributed by atoms with Crippen molar-refractivity contribution in [1.29, 1.82) is 0 Å². The number of hydrogen-bond acceptors (Lipinski definition) is 3. The fourth-order valence-corrected chi connectivity index (χ4v) is 4.44. The molecule has 0 radical (unpaired) electrons. The lowest BCUT2D eigenvalue weighted by atomic mass is 10.0. The number of likely N-dealkylation sites (tertiary alicyclic amines) is 1. The van der Waals surface area contributed by atoms with E-state index in [-0.39, 0.29) is 11.8 Å². The second kappa shape index (κ2) is 7.63. The number of aromatic nitrogens is 1. The first-order valence-electron chi connectivity index (χ1n) is 10.0. The molecule has 0 spiro atoms. The Bertz CT molecular complexity index is 1020. The summed E-state index contributed by atoms with van der Waals surface area (Å²) < 4.78 is 1.99. The molecule has 7 heteroatoms. The number of para-hydroxylation sites is 1. The first kappa shape index (κ1) is 19.6. The lowest BCUT2D eigenvalue weighted by molar-refractivity contribution is -0.135. The maximum atomic E-state index is 13.0. The van der Waals surface area contributed by atoms with Crippen LogP contribution in [0.5, 0.6) is 0 Å². The zero-order valence-electron chi connectivity index (χ0n) is 17.1. The molecule has 0 bridgehead atoms. The van der Waals surface area contributed by atoms with Crippen molar-refractivity contribution in [3.63, 3.8) is 0 Å². The third-order valence-corrected chi connectivity index (χ3v) is 6.55. The number of hydrogen-bond donors (Lipinski definition) is 0. The first-order chi connectivity index (χ1) is 13.9. The zero-order valence-corrected chi connectivity index (χ0v) is 17.9. The van der Waals surface area contributed by atoms with Gasteiger partial charge in [0.1, 0.15) is 12.2 Å². The van der Waals surface area contributed by atoms with Crippen molar-refractivity contribution in [3.05, 3.63) is 41.7 Å². The van der Waals surface area contributed by atoms with E-state index < -0.39 is 0 Å². The molecule has 2 aromatic rings. The van der Waals surface area contributed by atoms with Crippen LogP contribution in [0.25, 0.3) is 17.0 Å². The van der Waals surface area contributed by atoms with Gasteiger partial charge < -0.3 is 14.4 Å². The van der Waals surface area contributed by atoms with E-state index in [2.05, 4.69) is 6.92 Å². The number of piperidine rings is 1. The minimum atomic E-state index is -0.118. The molecule has 29 heavy (non-hydrogen) atoms. The van der Waals surface area contributed by atoms with Gasteiger partial charge in [-0.25, -0.2) is 0 Å². The summed E-state index contributed by atoms with van der Waals surface area (Å²) in [5.74, 6) is 0.0275. The number of amides is 2. The Labute approximate surface area is 176 Å². The molecular weight excluding hydrogens is 384 g/mol. The lowest BCUT2D eigenvalue weighted by Gasteiger charge is -2.33. The Morgan fingerprint density at radius 1 is 1.21 bits per heavy atom. The maximum Gasteiger partial charge on any atom is 0.276 e. The van der Waals surface area contributed by atoms with Crippen molar-refractivity contribution in [3.8, 4) is 0 Å². The Hall–Kier alpha value is -2.67. The van der Waals surface area contributed by atoms with Crippen LogP contribution < -0.4 is 0 Å².